The van der Waals surface area contributed by atoms with Crippen LogP contribution in [-0.4, -0.2) is 15.0 Å². The molecule has 17 heavy (non-hydrogen) atoms. The molecule has 1 heterocycles. The van der Waals surface area contributed by atoms with Crippen LogP contribution in [-0.2, 0) is 12.1 Å². The van der Waals surface area contributed by atoms with E-state index in [1.165, 1.54) is 25.7 Å². The Morgan fingerprint density at radius 2 is 2.24 bits per heavy atom. The fraction of sp³-hybridized carbons (Fsp3) is 0.846. The topological polar surface area (TPSA) is 56.7 Å². The maximum Gasteiger partial charge on any atom is 0.102 e. The Morgan fingerprint density at radius 1 is 1.41 bits per heavy atom. The van der Waals surface area contributed by atoms with Crippen molar-refractivity contribution in [2.75, 3.05) is 0 Å². The van der Waals surface area contributed by atoms with E-state index in [2.05, 4.69) is 10.3 Å². The van der Waals surface area contributed by atoms with Gasteiger partial charge in [-0.15, -0.1) is 5.10 Å². The van der Waals surface area contributed by atoms with Crippen LogP contribution >= 0.6 is 0 Å². The second kappa shape index (κ2) is 3.80. The van der Waals surface area contributed by atoms with E-state index >= 15 is 0 Å². The van der Waals surface area contributed by atoms with Gasteiger partial charge in [-0.25, -0.2) is 0 Å². The molecule has 2 N–H and O–H groups in total. The van der Waals surface area contributed by atoms with Crippen molar-refractivity contribution in [3.05, 3.63) is 11.9 Å². The van der Waals surface area contributed by atoms with Crippen LogP contribution in [0.4, 0.5) is 0 Å². The van der Waals surface area contributed by atoms with Crippen LogP contribution in [0.1, 0.15) is 45.2 Å². The summed E-state index contributed by atoms with van der Waals surface area (Å²) in [6.07, 6.45) is 7.76. The smallest absolute Gasteiger partial charge is 0.102 e. The molecule has 2 aliphatic carbocycles. The minimum atomic E-state index is -0.382. The largest absolute Gasteiger partial charge is 0.320 e. The zero-order chi connectivity index (χ0) is 12.0. The van der Waals surface area contributed by atoms with Gasteiger partial charge in [-0.2, -0.15) is 0 Å². The maximum absolute atomic E-state index is 6.02. The highest BCUT2D eigenvalue weighted by atomic mass is 15.4. The van der Waals surface area contributed by atoms with E-state index < -0.39 is 0 Å². The molecular weight excluding hydrogens is 212 g/mol. The van der Waals surface area contributed by atoms with E-state index in [-0.39, 0.29) is 5.54 Å². The number of nitrogens with two attached hydrogens (primary N) is 1. The summed E-state index contributed by atoms with van der Waals surface area (Å²) in [5.41, 5.74) is 6.53. The third-order valence-electron chi connectivity index (χ3n) is 4.50. The molecule has 0 aromatic carbocycles. The monoisotopic (exact) mass is 234 g/mol. The number of hydrogen-bond donors (Lipinski definition) is 1. The Labute approximate surface area is 103 Å². The van der Waals surface area contributed by atoms with E-state index in [4.69, 9.17) is 5.73 Å². The molecule has 0 radical (unpaired) electrons. The number of fused-ring (bicyclic) bond motifs is 2. The van der Waals surface area contributed by atoms with Gasteiger partial charge < -0.3 is 5.73 Å². The first kappa shape index (κ1) is 11.2. The van der Waals surface area contributed by atoms with Crippen molar-refractivity contribution in [2.45, 2.75) is 51.6 Å². The van der Waals surface area contributed by atoms with E-state index in [1.54, 1.807) is 0 Å². The lowest BCUT2D eigenvalue weighted by Crippen LogP contribution is -2.29. The predicted octanol–water partition coefficient (Wildman–Crippen LogP) is 1.91. The molecule has 0 saturated heterocycles. The van der Waals surface area contributed by atoms with Gasteiger partial charge >= 0.3 is 0 Å². The minimum Gasteiger partial charge on any atom is -0.320 e. The molecular formula is C13H22N4. The van der Waals surface area contributed by atoms with Crippen molar-refractivity contribution in [3.8, 4) is 0 Å². The highest BCUT2D eigenvalue weighted by Gasteiger charge is 2.39. The van der Waals surface area contributed by atoms with Crippen molar-refractivity contribution in [2.24, 2.45) is 23.5 Å². The van der Waals surface area contributed by atoms with Gasteiger partial charge in [-0.3, -0.25) is 4.68 Å². The lowest BCUT2D eigenvalue weighted by Gasteiger charge is -2.21. The van der Waals surface area contributed by atoms with Crippen molar-refractivity contribution in [1.82, 2.24) is 15.0 Å². The number of hydrogen-bond acceptors (Lipinski definition) is 3. The molecule has 2 fully saturated rings. The third-order valence-corrected chi connectivity index (χ3v) is 4.50. The number of rotatable bonds is 3. The molecule has 2 saturated carbocycles. The first-order chi connectivity index (χ1) is 8.02. The highest BCUT2D eigenvalue weighted by molar-refractivity contribution is 5.05. The summed E-state index contributed by atoms with van der Waals surface area (Å²) in [5.74, 6) is 2.77. The lowest BCUT2D eigenvalue weighted by atomic mass is 9.89. The average Bonchev–Trinajstić information content (AvgIpc) is 2.89. The zero-order valence-corrected chi connectivity index (χ0v) is 10.8. The van der Waals surface area contributed by atoms with E-state index in [1.807, 2.05) is 24.7 Å². The lowest BCUT2D eigenvalue weighted by molar-refractivity contribution is 0.283. The van der Waals surface area contributed by atoms with Crippen LogP contribution in [0.25, 0.3) is 0 Å². The van der Waals surface area contributed by atoms with Crippen LogP contribution in [0, 0.1) is 17.8 Å². The summed E-state index contributed by atoms with van der Waals surface area (Å²) in [6.45, 7) is 4.97. The number of nitrogens with zero attached hydrogens (tertiary/aromatic N) is 3. The summed E-state index contributed by atoms with van der Waals surface area (Å²) in [4.78, 5) is 0. The molecule has 94 valence electrons. The second-order valence-electron chi connectivity index (χ2n) is 6.48. The average molecular weight is 234 g/mol. The Balaban J connectivity index is 1.68. The molecule has 1 aromatic heterocycles. The van der Waals surface area contributed by atoms with E-state index in [0.29, 0.717) is 0 Å². The van der Waals surface area contributed by atoms with Crippen LogP contribution in [0.2, 0.25) is 0 Å². The Bertz CT molecular complexity index is 404. The first-order valence-corrected chi connectivity index (χ1v) is 6.72. The van der Waals surface area contributed by atoms with Gasteiger partial charge in [-0.1, -0.05) is 11.6 Å². The highest BCUT2D eigenvalue weighted by Crippen LogP contribution is 2.48. The van der Waals surface area contributed by atoms with Gasteiger partial charge in [0, 0.05) is 6.54 Å². The molecule has 0 spiro atoms. The standard InChI is InChI=1S/C13H22N4/c1-13(2,14)12-8-17(16-15-12)7-11-6-9-3-4-10(11)5-9/h8-11H,3-7,14H2,1-2H3. The molecule has 2 aliphatic rings. The molecule has 1 aromatic rings. The van der Waals surface area contributed by atoms with Gasteiger partial charge in [0.2, 0.25) is 0 Å². The SMILES string of the molecule is CC(C)(N)c1cn(CC2CC3CCC2C3)nn1. The second-order valence-corrected chi connectivity index (χ2v) is 6.48. The van der Waals surface area contributed by atoms with Gasteiger partial charge in [0.05, 0.1) is 11.7 Å². The van der Waals surface area contributed by atoms with Gasteiger partial charge in [0.25, 0.3) is 0 Å². The van der Waals surface area contributed by atoms with Gasteiger partial charge in [0.1, 0.15) is 5.69 Å². The fourth-order valence-corrected chi connectivity index (χ4v) is 3.52. The first-order valence-electron chi connectivity index (χ1n) is 6.72. The summed E-state index contributed by atoms with van der Waals surface area (Å²) >= 11 is 0. The Morgan fingerprint density at radius 3 is 2.76 bits per heavy atom. The van der Waals surface area contributed by atoms with E-state index in [0.717, 1.165) is 30.0 Å². The minimum absolute atomic E-state index is 0.382. The van der Waals surface area contributed by atoms with Crippen LogP contribution < -0.4 is 5.73 Å². The fourth-order valence-electron chi connectivity index (χ4n) is 3.52. The van der Waals surface area contributed by atoms with Crippen molar-refractivity contribution >= 4 is 0 Å². The van der Waals surface area contributed by atoms with Gasteiger partial charge in [0.15, 0.2) is 0 Å². The van der Waals surface area contributed by atoms with Crippen LogP contribution in [0.5, 0.6) is 0 Å². The van der Waals surface area contributed by atoms with Gasteiger partial charge in [-0.05, 0) is 50.9 Å². The van der Waals surface area contributed by atoms with Crippen LogP contribution in [0.3, 0.4) is 0 Å². The summed E-state index contributed by atoms with van der Waals surface area (Å²) in [5, 5.41) is 8.40. The van der Waals surface area contributed by atoms with Crippen molar-refractivity contribution in [1.29, 1.82) is 0 Å². The molecule has 4 heteroatoms. The maximum atomic E-state index is 6.02. The Kier molecular flexibility index (Phi) is 2.51. The summed E-state index contributed by atoms with van der Waals surface area (Å²) in [6, 6.07) is 0. The van der Waals surface area contributed by atoms with E-state index in [9.17, 15) is 0 Å². The van der Waals surface area contributed by atoms with Crippen molar-refractivity contribution < 1.29 is 0 Å². The third kappa shape index (κ3) is 2.10. The normalized spacial score (nSPS) is 32.3. The molecule has 0 amide bonds. The molecule has 0 aliphatic heterocycles. The van der Waals surface area contributed by atoms with Crippen molar-refractivity contribution in [3.63, 3.8) is 0 Å². The zero-order valence-electron chi connectivity index (χ0n) is 10.8. The molecule has 2 bridgehead atoms. The number of aromatic nitrogens is 3. The summed E-state index contributed by atoms with van der Waals surface area (Å²) < 4.78 is 2.00. The molecule has 3 rings (SSSR count). The summed E-state index contributed by atoms with van der Waals surface area (Å²) in [7, 11) is 0. The molecule has 3 atom stereocenters. The Hall–Kier alpha value is -0.900. The molecule has 4 nitrogen and oxygen atoms in total. The quantitative estimate of drug-likeness (QED) is 0.869. The van der Waals surface area contributed by atoms with Crippen LogP contribution in [0.15, 0.2) is 6.20 Å². The molecule has 3 unspecified atom stereocenters. The predicted molar refractivity (Wildman–Crippen MR) is 66.2 cm³/mol.